The van der Waals surface area contributed by atoms with Gasteiger partial charge in [0, 0.05) is 18.2 Å². The van der Waals surface area contributed by atoms with Crippen molar-refractivity contribution in [3.63, 3.8) is 0 Å². The fourth-order valence-electron chi connectivity index (χ4n) is 4.03. The average Bonchev–Trinajstić information content (AvgIpc) is 2.90. The number of methoxy groups -OCH3 is 1. The van der Waals surface area contributed by atoms with Gasteiger partial charge in [-0.15, -0.1) is 0 Å². The molecule has 8 nitrogen and oxygen atoms in total. The second-order valence-electron chi connectivity index (χ2n) is 9.90. The van der Waals surface area contributed by atoms with Crippen molar-refractivity contribution in [2.75, 3.05) is 7.11 Å². The molecule has 3 rings (SSSR count). The number of hydrogen-bond donors (Lipinski definition) is 1. The van der Waals surface area contributed by atoms with Crippen molar-refractivity contribution >= 4 is 17.8 Å². The SMILES string of the molecule is COc1ccnc(C(=O)N[C@@H](C)C(=O)O[C@@H](C)C(c2ccc(C)cc2)c2ccc(C)cc2)c1OC(=O)C(C)C. The van der Waals surface area contributed by atoms with Crippen molar-refractivity contribution in [1.82, 2.24) is 10.3 Å². The first-order valence-corrected chi connectivity index (χ1v) is 12.9. The molecule has 0 aliphatic heterocycles. The van der Waals surface area contributed by atoms with Gasteiger partial charge >= 0.3 is 11.9 Å². The van der Waals surface area contributed by atoms with Gasteiger partial charge in [-0.3, -0.25) is 9.59 Å². The van der Waals surface area contributed by atoms with Crippen LogP contribution in [0.1, 0.15) is 66.4 Å². The van der Waals surface area contributed by atoms with Crippen LogP contribution in [-0.4, -0.2) is 42.1 Å². The normalized spacial score (nSPS) is 12.5. The maximum atomic E-state index is 13.1. The molecule has 8 heteroatoms. The molecule has 0 spiro atoms. The Labute approximate surface area is 229 Å². The Morgan fingerprint density at radius 3 is 1.82 bits per heavy atom. The number of amides is 1. The molecule has 1 heterocycles. The minimum absolute atomic E-state index is 0.107. The first-order chi connectivity index (χ1) is 18.5. The number of benzene rings is 2. The van der Waals surface area contributed by atoms with Crippen molar-refractivity contribution in [1.29, 1.82) is 0 Å². The summed E-state index contributed by atoms with van der Waals surface area (Å²) in [4.78, 5) is 42.5. The smallest absolute Gasteiger partial charge is 0.328 e. The van der Waals surface area contributed by atoms with E-state index in [0.29, 0.717) is 0 Å². The minimum atomic E-state index is -1.00. The molecule has 0 radical (unpaired) electrons. The van der Waals surface area contributed by atoms with Crippen LogP contribution in [0, 0.1) is 19.8 Å². The molecule has 0 saturated heterocycles. The van der Waals surface area contributed by atoms with E-state index < -0.39 is 35.9 Å². The Balaban J connectivity index is 1.78. The summed E-state index contributed by atoms with van der Waals surface area (Å²) in [6.07, 6.45) is 0.832. The van der Waals surface area contributed by atoms with Gasteiger partial charge in [0.2, 0.25) is 5.75 Å². The summed E-state index contributed by atoms with van der Waals surface area (Å²) < 4.78 is 16.5. The Hall–Kier alpha value is -4.20. The Kier molecular flexibility index (Phi) is 9.82. The lowest BCUT2D eigenvalue weighted by Crippen LogP contribution is -2.41. The fraction of sp³-hybridized carbons (Fsp3) is 0.355. The summed E-state index contributed by atoms with van der Waals surface area (Å²) >= 11 is 0. The molecule has 0 aliphatic rings. The van der Waals surface area contributed by atoms with E-state index in [1.54, 1.807) is 13.8 Å². The molecule has 0 unspecified atom stereocenters. The molecule has 0 bridgehead atoms. The van der Waals surface area contributed by atoms with Crippen LogP contribution in [0.5, 0.6) is 11.5 Å². The number of aromatic nitrogens is 1. The number of nitrogens with one attached hydrogen (secondary N) is 1. The van der Waals surface area contributed by atoms with Crippen LogP contribution in [0.25, 0.3) is 0 Å². The van der Waals surface area contributed by atoms with Crippen LogP contribution in [0.4, 0.5) is 0 Å². The molecule has 3 aromatic rings. The predicted molar refractivity (Wildman–Crippen MR) is 148 cm³/mol. The van der Waals surface area contributed by atoms with Crippen molar-refractivity contribution in [3.05, 3.63) is 88.7 Å². The summed E-state index contributed by atoms with van der Waals surface area (Å²) in [6, 6.07) is 16.7. The lowest BCUT2D eigenvalue weighted by molar-refractivity contribution is -0.150. The lowest BCUT2D eigenvalue weighted by atomic mass is 9.86. The minimum Gasteiger partial charge on any atom is -0.493 e. The fourth-order valence-corrected chi connectivity index (χ4v) is 4.03. The first kappa shape index (κ1) is 29.4. The maximum Gasteiger partial charge on any atom is 0.328 e. The van der Waals surface area contributed by atoms with Gasteiger partial charge in [0.25, 0.3) is 5.91 Å². The Morgan fingerprint density at radius 1 is 0.795 bits per heavy atom. The quantitative estimate of drug-likeness (QED) is 0.360. The van der Waals surface area contributed by atoms with Gasteiger partial charge in [-0.1, -0.05) is 73.5 Å². The van der Waals surface area contributed by atoms with E-state index in [4.69, 9.17) is 14.2 Å². The van der Waals surface area contributed by atoms with Crippen molar-refractivity contribution in [2.24, 2.45) is 5.92 Å². The van der Waals surface area contributed by atoms with Crippen molar-refractivity contribution in [2.45, 2.75) is 59.6 Å². The van der Waals surface area contributed by atoms with Crippen molar-refractivity contribution < 1.29 is 28.6 Å². The molecule has 1 aromatic heterocycles. The molecule has 0 fully saturated rings. The summed E-state index contributed by atoms with van der Waals surface area (Å²) in [5, 5.41) is 2.61. The molecule has 0 saturated carbocycles. The molecule has 2 aromatic carbocycles. The summed E-state index contributed by atoms with van der Waals surface area (Å²) in [6.45, 7) is 10.7. The number of nitrogens with zero attached hydrogens (tertiary/aromatic N) is 1. The largest absolute Gasteiger partial charge is 0.493 e. The molecule has 0 aliphatic carbocycles. The summed E-state index contributed by atoms with van der Waals surface area (Å²) in [5.74, 6) is -2.43. The third-order valence-corrected chi connectivity index (χ3v) is 6.32. The number of carbonyl (C=O) groups is 3. The number of esters is 2. The zero-order valence-corrected chi connectivity index (χ0v) is 23.5. The van der Waals surface area contributed by atoms with Gasteiger partial charge in [-0.25, -0.2) is 9.78 Å². The van der Waals surface area contributed by atoms with E-state index in [-0.39, 0.29) is 23.1 Å². The van der Waals surface area contributed by atoms with E-state index in [2.05, 4.69) is 10.3 Å². The monoisotopic (exact) mass is 532 g/mol. The first-order valence-electron chi connectivity index (χ1n) is 12.9. The number of ether oxygens (including phenoxy) is 3. The number of rotatable bonds is 10. The average molecular weight is 533 g/mol. The van der Waals surface area contributed by atoms with Crippen LogP contribution in [-0.2, 0) is 14.3 Å². The maximum absolute atomic E-state index is 13.1. The molecule has 2 atom stereocenters. The van der Waals surface area contributed by atoms with Crippen LogP contribution < -0.4 is 14.8 Å². The van der Waals surface area contributed by atoms with Gasteiger partial charge in [-0.05, 0) is 38.8 Å². The standard InChI is InChI=1S/C31H36N2O6/c1-18(2)30(35)39-28-25(37-7)16-17-32-27(28)29(34)33-21(5)31(36)38-22(6)26(23-12-8-19(3)9-13-23)24-14-10-20(4)11-15-24/h8-18,21-22,26H,1-7H3,(H,33,34)/t21-,22-/m0/s1. The Bertz CT molecular complexity index is 1260. The highest BCUT2D eigenvalue weighted by Crippen LogP contribution is 2.32. The van der Waals surface area contributed by atoms with Gasteiger partial charge < -0.3 is 19.5 Å². The van der Waals surface area contributed by atoms with Crippen LogP contribution in [0.3, 0.4) is 0 Å². The lowest BCUT2D eigenvalue weighted by Gasteiger charge is -2.27. The second-order valence-corrected chi connectivity index (χ2v) is 9.90. The second kappa shape index (κ2) is 13.0. The molecule has 1 N–H and O–H groups in total. The number of carbonyl (C=O) groups excluding carboxylic acids is 3. The van der Waals surface area contributed by atoms with Crippen LogP contribution in [0.2, 0.25) is 0 Å². The van der Waals surface area contributed by atoms with E-state index in [1.807, 2.05) is 69.3 Å². The summed E-state index contributed by atoms with van der Waals surface area (Å²) in [7, 11) is 1.39. The molecule has 1 amide bonds. The van der Waals surface area contributed by atoms with E-state index in [9.17, 15) is 14.4 Å². The number of aryl methyl sites for hydroxylation is 2. The van der Waals surface area contributed by atoms with Crippen LogP contribution >= 0.6 is 0 Å². The van der Waals surface area contributed by atoms with Gasteiger partial charge in [-0.2, -0.15) is 0 Å². The molecule has 39 heavy (non-hydrogen) atoms. The number of pyridine rings is 1. The van der Waals surface area contributed by atoms with Gasteiger partial charge in [0.05, 0.1) is 13.0 Å². The summed E-state index contributed by atoms with van der Waals surface area (Å²) in [5.41, 5.74) is 4.12. The molecule has 206 valence electrons. The predicted octanol–water partition coefficient (Wildman–Crippen LogP) is 5.15. The van der Waals surface area contributed by atoms with E-state index in [0.717, 1.165) is 22.3 Å². The zero-order chi connectivity index (χ0) is 28.7. The third-order valence-electron chi connectivity index (χ3n) is 6.32. The number of hydrogen-bond acceptors (Lipinski definition) is 7. The zero-order valence-electron chi connectivity index (χ0n) is 23.5. The van der Waals surface area contributed by atoms with E-state index in [1.165, 1.54) is 26.3 Å². The van der Waals surface area contributed by atoms with Crippen molar-refractivity contribution in [3.8, 4) is 11.5 Å². The topological polar surface area (TPSA) is 104 Å². The van der Waals surface area contributed by atoms with Crippen LogP contribution in [0.15, 0.2) is 60.8 Å². The molecular formula is C31H36N2O6. The van der Waals surface area contributed by atoms with E-state index >= 15 is 0 Å². The highest BCUT2D eigenvalue weighted by molar-refractivity contribution is 5.98. The third kappa shape index (κ3) is 7.44. The highest BCUT2D eigenvalue weighted by Gasteiger charge is 2.29. The van der Waals surface area contributed by atoms with Gasteiger partial charge in [0.15, 0.2) is 11.4 Å². The molecular weight excluding hydrogens is 496 g/mol. The Morgan fingerprint density at radius 2 is 1.33 bits per heavy atom. The highest BCUT2D eigenvalue weighted by atomic mass is 16.6. The van der Waals surface area contributed by atoms with Gasteiger partial charge in [0.1, 0.15) is 12.1 Å².